The highest BCUT2D eigenvalue weighted by atomic mass is 79.9. The van der Waals surface area contributed by atoms with Crippen molar-refractivity contribution in [2.45, 2.75) is 6.42 Å². The van der Waals surface area contributed by atoms with Crippen molar-refractivity contribution in [1.82, 2.24) is 0 Å². The fourth-order valence-corrected chi connectivity index (χ4v) is 1.10. The van der Waals surface area contributed by atoms with Crippen LogP contribution in [-0.4, -0.2) is 0 Å². The maximum Gasteiger partial charge on any atom is 0.137 e. The number of nitrogens with zero attached hydrogens (tertiary/aromatic N) is 1. The zero-order chi connectivity index (χ0) is 9.14. The Bertz CT molecular complexity index is 344. The topological polar surface area (TPSA) is 23.8 Å². The normalized spacial score (nSPS) is 9.50. The van der Waals surface area contributed by atoms with E-state index in [1.807, 2.05) is 0 Å². The minimum absolute atomic E-state index is 0.0710. The van der Waals surface area contributed by atoms with Crippen LogP contribution < -0.4 is 0 Å². The fraction of sp³-hybridized carbons (Fsp3) is 0.125. The second-order valence-electron chi connectivity index (χ2n) is 2.19. The van der Waals surface area contributed by atoms with Crippen LogP contribution in [0.15, 0.2) is 16.6 Å². The summed E-state index contributed by atoms with van der Waals surface area (Å²) < 4.78 is 25.7. The van der Waals surface area contributed by atoms with Gasteiger partial charge in [0.15, 0.2) is 0 Å². The van der Waals surface area contributed by atoms with Crippen LogP contribution in [0.4, 0.5) is 8.78 Å². The van der Waals surface area contributed by atoms with Gasteiger partial charge in [0, 0.05) is 5.56 Å². The van der Waals surface area contributed by atoms with Crippen LogP contribution in [0, 0.1) is 23.0 Å². The molecule has 0 unspecified atom stereocenters. The molecule has 1 aromatic carbocycles. The maximum absolute atomic E-state index is 12.9. The van der Waals surface area contributed by atoms with Crippen LogP contribution in [0.3, 0.4) is 0 Å². The van der Waals surface area contributed by atoms with Gasteiger partial charge in [-0.05, 0) is 28.1 Å². The van der Waals surface area contributed by atoms with Crippen molar-refractivity contribution in [3.8, 4) is 6.07 Å². The lowest BCUT2D eigenvalue weighted by atomic mass is 10.1. The molecule has 0 aliphatic heterocycles. The van der Waals surface area contributed by atoms with Gasteiger partial charge in [0.05, 0.1) is 17.0 Å². The van der Waals surface area contributed by atoms with E-state index in [4.69, 9.17) is 5.26 Å². The second kappa shape index (κ2) is 3.63. The molecule has 1 nitrogen and oxygen atoms in total. The summed E-state index contributed by atoms with van der Waals surface area (Å²) in [6, 6.07) is 3.78. The molecule has 12 heavy (non-hydrogen) atoms. The van der Waals surface area contributed by atoms with Crippen LogP contribution in [0.2, 0.25) is 0 Å². The number of benzene rings is 1. The Morgan fingerprint density at radius 2 is 2.00 bits per heavy atom. The Morgan fingerprint density at radius 1 is 1.33 bits per heavy atom. The first-order valence-corrected chi connectivity index (χ1v) is 3.95. The van der Waals surface area contributed by atoms with E-state index in [0.29, 0.717) is 0 Å². The van der Waals surface area contributed by atoms with E-state index in [1.54, 1.807) is 6.07 Å². The van der Waals surface area contributed by atoms with E-state index in [9.17, 15) is 8.78 Å². The van der Waals surface area contributed by atoms with E-state index in [0.717, 1.165) is 12.1 Å². The number of nitriles is 1. The number of rotatable bonds is 1. The standard InChI is InChI=1S/C8H4BrF2N/c9-6-4-7(10)5(1-2-12)3-8(6)11/h3-4H,1H2. The number of hydrogen-bond donors (Lipinski definition) is 0. The average molecular weight is 232 g/mol. The third-order valence-corrected chi connectivity index (χ3v) is 1.97. The summed E-state index contributed by atoms with van der Waals surface area (Å²) in [6.45, 7) is 0. The van der Waals surface area contributed by atoms with Crippen LogP contribution >= 0.6 is 15.9 Å². The quantitative estimate of drug-likeness (QED) is 0.683. The minimum Gasteiger partial charge on any atom is -0.207 e. The Balaban J connectivity index is 3.16. The van der Waals surface area contributed by atoms with Gasteiger partial charge in [-0.15, -0.1) is 0 Å². The second-order valence-corrected chi connectivity index (χ2v) is 3.05. The summed E-state index contributed by atoms with van der Waals surface area (Å²) >= 11 is 2.83. The van der Waals surface area contributed by atoms with Gasteiger partial charge >= 0.3 is 0 Å². The van der Waals surface area contributed by atoms with Crippen molar-refractivity contribution in [1.29, 1.82) is 5.26 Å². The Morgan fingerprint density at radius 3 is 2.58 bits per heavy atom. The van der Waals surface area contributed by atoms with Crippen molar-refractivity contribution in [2.75, 3.05) is 0 Å². The number of halogens is 3. The molecular weight excluding hydrogens is 228 g/mol. The third-order valence-electron chi connectivity index (χ3n) is 1.36. The Kier molecular flexibility index (Phi) is 2.77. The average Bonchev–Trinajstić information content (AvgIpc) is 2.01. The molecule has 1 rings (SSSR count). The summed E-state index contributed by atoms with van der Waals surface area (Å²) in [5.74, 6) is -1.12. The highest BCUT2D eigenvalue weighted by molar-refractivity contribution is 9.10. The summed E-state index contributed by atoms with van der Waals surface area (Å²) in [4.78, 5) is 0. The first kappa shape index (κ1) is 9.14. The molecule has 0 bridgehead atoms. The third kappa shape index (κ3) is 1.80. The molecule has 0 atom stereocenters. The SMILES string of the molecule is N#CCc1cc(F)c(Br)cc1F. The molecule has 0 N–H and O–H groups in total. The number of hydrogen-bond acceptors (Lipinski definition) is 1. The molecule has 0 spiro atoms. The molecule has 4 heteroatoms. The fourth-order valence-electron chi connectivity index (χ4n) is 0.784. The van der Waals surface area contributed by atoms with Crippen LogP contribution in [0.1, 0.15) is 5.56 Å². The summed E-state index contributed by atoms with van der Waals surface area (Å²) in [5.41, 5.74) is 0.0817. The lowest BCUT2D eigenvalue weighted by Crippen LogP contribution is -1.91. The zero-order valence-electron chi connectivity index (χ0n) is 5.94. The first-order chi connectivity index (χ1) is 5.65. The maximum atomic E-state index is 12.9. The zero-order valence-corrected chi connectivity index (χ0v) is 7.53. The molecule has 0 aliphatic carbocycles. The van der Waals surface area contributed by atoms with Gasteiger partial charge in [0.2, 0.25) is 0 Å². The molecule has 0 saturated carbocycles. The molecule has 0 fully saturated rings. The molecule has 1 aromatic rings. The van der Waals surface area contributed by atoms with E-state index < -0.39 is 11.6 Å². The van der Waals surface area contributed by atoms with Gasteiger partial charge in [0.25, 0.3) is 0 Å². The van der Waals surface area contributed by atoms with Crippen LogP contribution in [0.25, 0.3) is 0 Å². The predicted molar refractivity (Wildman–Crippen MR) is 43.4 cm³/mol. The smallest absolute Gasteiger partial charge is 0.137 e. The summed E-state index contributed by atoms with van der Waals surface area (Å²) in [5, 5.41) is 8.25. The molecule has 0 aromatic heterocycles. The monoisotopic (exact) mass is 231 g/mol. The molecule has 0 heterocycles. The van der Waals surface area contributed by atoms with Gasteiger partial charge in [-0.3, -0.25) is 0 Å². The van der Waals surface area contributed by atoms with Crippen molar-refractivity contribution in [2.24, 2.45) is 0 Å². The van der Waals surface area contributed by atoms with Crippen molar-refractivity contribution in [3.63, 3.8) is 0 Å². The highest BCUT2D eigenvalue weighted by Gasteiger charge is 2.06. The highest BCUT2D eigenvalue weighted by Crippen LogP contribution is 2.19. The molecule has 0 radical (unpaired) electrons. The first-order valence-electron chi connectivity index (χ1n) is 3.15. The molecule has 0 amide bonds. The lowest BCUT2D eigenvalue weighted by molar-refractivity contribution is 0.584. The Hall–Kier alpha value is -0.950. The van der Waals surface area contributed by atoms with Crippen LogP contribution in [0.5, 0.6) is 0 Å². The largest absolute Gasteiger partial charge is 0.207 e. The molecule has 0 aliphatic rings. The summed E-state index contributed by atoms with van der Waals surface area (Å²) in [6.07, 6.45) is -0.115. The van der Waals surface area contributed by atoms with Gasteiger partial charge in [0.1, 0.15) is 11.6 Å². The van der Waals surface area contributed by atoms with E-state index in [-0.39, 0.29) is 16.5 Å². The van der Waals surface area contributed by atoms with Gasteiger partial charge < -0.3 is 0 Å². The van der Waals surface area contributed by atoms with Crippen molar-refractivity contribution >= 4 is 15.9 Å². The van der Waals surface area contributed by atoms with Crippen molar-refractivity contribution < 1.29 is 8.78 Å². The molecular formula is C8H4BrF2N. The van der Waals surface area contributed by atoms with Crippen molar-refractivity contribution in [3.05, 3.63) is 33.8 Å². The van der Waals surface area contributed by atoms with E-state index in [2.05, 4.69) is 15.9 Å². The van der Waals surface area contributed by atoms with Gasteiger partial charge in [-0.2, -0.15) is 5.26 Å². The summed E-state index contributed by atoms with van der Waals surface area (Å²) in [7, 11) is 0. The Labute approximate surface area is 76.8 Å². The van der Waals surface area contributed by atoms with Gasteiger partial charge in [-0.1, -0.05) is 0 Å². The van der Waals surface area contributed by atoms with Gasteiger partial charge in [-0.25, -0.2) is 8.78 Å². The minimum atomic E-state index is -0.565. The van der Waals surface area contributed by atoms with E-state index in [1.165, 1.54) is 0 Å². The van der Waals surface area contributed by atoms with E-state index >= 15 is 0 Å². The van der Waals surface area contributed by atoms with Crippen LogP contribution in [-0.2, 0) is 6.42 Å². The predicted octanol–water partition coefficient (Wildman–Crippen LogP) is 2.79. The lowest BCUT2D eigenvalue weighted by Gasteiger charge is -1.99. The molecule has 62 valence electrons. The molecule has 0 saturated heterocycles.